The van der Waals surface area contributed by atoms with Crippen molar-refractivity contribution in [3.05, 3.63) is 12.2 Å². The van der Waals surface area contributed by atoms with Crippen LogP contribution in [0.1, 0.15) is 170 Å². The van der Waals surface area contributed by atoms with E-state index in [1.54, 1.807) is 74.5 Å². The molecule has 0 saturated carbocycles. The summed E-state index contributed by atoms with van der Waals surface area (Å²) in [7, 11) is 11.1. The van der Waals surface area contributed by atoms with E-state index in [0.29, 0.717) is 0 Å². The predicted octanol–water partition coefficient (Wildman–Crippen LogP) is 3.40. The number of nitrogens with zero attached hydrogens (tertiary/aromatic N) is 7. The van der Waals surface area contributed by atoms with Crippen molar-refractivity contribution < 1.29 is 72.1 Å². The van der Waals surface area contributed by atoms with E-state index < -0.39 is 168 Å². The van der Waals surface area contributed by atoms with Crippen molar-refractivity contribution in [3.63, 3.8) is 0 Å². The Morgan fingerprint density at radius 1 is 0.532 bits per heavy atom. The number of aliphatic hydroxyl groups excluding tert-OH is 1. The Morgan fingerprint density at radius 3 is 1.44 bits per heavy atom. The molecule has 1 heterocycles. The fraction of sp³-hybridized carbons (Fsp3) is 0.794. The molecule has 1 aliphatic rings. The molecule has 13 atom stereocenters. The highest BCUT2D eigenvalue weighted by Crippen LogP contribution is 2.27. The molecule has 0 spiro atoms. The maximum absolute atomic E-state index is 15.3. The Bertz CT molecular complexity index is 2610. The number of hydrogen-bond acceptors (Lipinski definition) is 15. The second-order valence-corrected chi connectivity index (χ2v) is 28.4. The summed E-state index contributed by atoms with van der Waals surface area (Å²) < 4.78 is 11.7. The quantitative estimate of drug-likeness (QED) is 0.0813. The van der Waals surface area contributed by atoms with Crippen LogP contribution in [0.4, 0.5) is 0 Å². The van der Waals surface area contributed by atoms with Gasteiger partial charge in [0, 0.05) is 69.3 Å². The Labute approximate surface area is 561 Å². The molecule has 5 N–H and O–H groups in total. The third-order valence-electron chi connectivity index (χ3n) is 17.8. The largest absolute Gasteiger partial charge is 0.390 e. The first-order valence-electron chi connectivity index (χ1n) is 33.4. The molecule has 1 rings (SSSR count). The van der Waals surface area contributed by atoms with Crippen molar-refractivity contribution in [2.24, 2.45) is 35.5 Å². The number of carbonyl (C=O) groups excluding carboxylic acids is 12. The SMILES string of the molecule is C/C=C/C[C@@H](C)[C@@H](O)[C@H]1C(=O)N[C@@H](CC)C(=O)N(C)[C@H](COCCC(C)=O)C(=O)N(C)[C@@H](CC(C)(C)OC)C(=O)N[C@@H](C(C)C)C(=O)N(C)[C@@H](CC(C)C)C(=O)N[C@@H](C)C(=O)N[C@H](C)C(=O)N(C)[C@@H](CC(C)C)C(=O)N(C)[C@@H](CC(C)C)C(=O)N(C)[C@@H](C(C)C)C(=O)N1C. The number of nitrogens with one attached hydrogen (secondary N) is 4. The topological polar surface area (TPSA) is 314 Å². The lowest BCUT2D eigenvalue weighted by Crippen LogP contribution is -2.64. The number of methoxy groups -OCH3 is 1. The van der Waals surface area contributed by atoms with Gasteiger partial charge in [0.2, 0.25) is 65.0 Å². The molecule has 94 heavy (non-hydrogen) atoms. The molecule has 11 amide bonds. The van der Waals surface area contributed by atoms with E-state index in [0.717, 1.165) is 14.7 Å². The van der Waals surface area contributed by atoms with Crippen molar-refractivity contribution in [3.8, 4) is 0 Å². The average molecular weight is 1330 g/mol. The molecule has 1 fully saturated rings. The number of ether oxygens (including phenoxy) is 2. The second kappa shape index (κ2) is 38.9. The number of likely N-dealkylation sites (N-methyl/N-ethyl adjacent to an activating group) is 7. The lowest BCUT2D eigenvalue weighted by atomic mass is 9.91. The first-order valence-corrected chi connectivity index (χ1v) is 33.4. The van der Waals surface area contributed by atoms with Gasteiger partial charge in [-0.15, -0.1) is 0 Å². The smallest absolute Gasteiger partial charge is 0.248 e. The average Bonchev–Trinajstić information content (AvgIpc) is 0.809. The fourth-order valence-corrected chi connectivity index (χ4v) is 11.5. The van der Waals surface area contributed by atoms with E-state index in [-0.39, 0.29) is 75.1 Å². The molecule has 0 unspecified atom stereocenters. The molecule has 1 aliphatic heterocycles. The minimum atomic E-state index is -1.69. The first-order chi connectivity index (χ1) is 43.4. The maximum atomic E-state index is 15.3. The van der Waals surface area contributed by atoms with Crippen molar-refractivity contribution >= 4 is 70.8 Å². The standard InChI is InChI=1S/C68H121N11O15/c1-27-29-30-43(13)56(81)55-60(85)71-47(28-2)62(87)77(23)52(37-94-32-31-44(14)80)65(90)76(22)51(36-68(17,18)93-26)59(84)72-53(41(9)10)66(91)73(19)48(33-38(3)4)58(83)69-45(15)57(82)70-46(16)61(86)74(20)49(34-39(5)6)63(88)75(21)50(35-40(7)8)64(89)78(24)54(42(11)12)67(92)79(55)25/h27,29,38-43,45-56,81H,28,30-37H2,1-26H3,(H,69,83)(H,70,82)(H,71,85)(H,72,84)/b29-27+/t43-,45+,46-,47+,48+,49+,50+,51+,52-,53+,54+,55+,56-/m1/s1. The summed E-state index contributed by atoms with van der Waals surface area (Å²) in [5, 5.41) is 23.3. The predicted molar refractivity (Wildman–Crippen MR) is 360 cm³/mol. The Morgan fingerprint density at radius 2 is 0.968 bits per heavy atom. The second-order valence-electron chi connectivity index (χ2n) is 28.4. The number of amides is 11. The van der Waals surface area contributed by atoms with Crippen molar-refractivity contribution in [2.75, 3.05) is 69.7 Å². The molecule has 26 nitrogen and oxygen atoms in total. The zero-order valence-electron chi connectivity index (χ0n) is 61.7. The van der Waals surface area contributed by atoms with Gasteiger partial charge in [-0.3, -0.25) is 57.5 Å². The third-order valence-corrected chi connectivity index (χ3v) is 17.8. The van der Waals surface area contributed by atoms with Crippen LogP contribution in [0.15, 0.2) is 12.2 Å². The number of rotatable bonds is 21. The molecule has 0 bridgehead atoms. The van der Waals surface area contributed by atoms with Gasteiger partial charge in [0.1, 0.15) is 72.2 Å². The molecule has 26 heteroatoms. The van der Waals surface area contributed by atoms with Crippen LogP contribution in [-0.4, -0.2) is 258 Å². The summed E-state index contributed by atoms with van der Waals surface area (Å²) in [6.07, 6.45) is 2.32. The minimum absolute atomic E-state index is 0.0420. The van der Waals surface area contributed by atoms with Crippen LogP contribution in [0, 0.1) is 35.5 Å². The summed E-state index contributed by atoms with van der Waals surface area (Å²) in [6, 6.07) is -14.8. The highest BCUT2D eigenvalue weighted by atomic mass is 16.5. The molecule has 0 aromatic carbocycles. The van der Waals surface area contributed by atoms with Gasteiger partial charge in [0.15, 0.2) is 0 Å². The zero-order valence-corrected chi connectivity index (χ0v) is 61.7. The maximum Gasteiger partial charge on any atom is 0.248 e. The number of hydrogen-bond donors (Lipinski definition) is 5. The lowest BCUT2D eigenvalue weighted by molar-refractivity contribution is -0.157. The van der Waals surface area contributed by atoms with Crippen LogP contribution in [0.2, 0.25) is 0 Å². The lowest BCUT2D eigenvalue weighted by Gasteiger charge is -2.41. The van der Waals surface area contributed by atoms with Gasteiger partial charge in [-0.1, -0.05) is 95.2 Å². The van der Waals surface area contributed by atoms with Gasteiger partial charge >= 0.3 is 0 Å². The number of ketones is 1. The normalized spacial score (nSPS) is 26.4. The highest BCUT2D eigenvalue weighted by molar-refractivity contribution is 6.00. The van der Waals surface area contributed by atoms with Crippen LogP contribution >= 0.6 is 0 Å². The van der Waals surface area contributed by atoms with E-state index in [9.17, 15) is 29.1 Å². The van der Waals surface area contributed by atoms with Crippen LogP contribution in [0.25, 0.3) is 0 Å². The fourth-order valence-electron chi connectivity index (χ4n) is 11.5. The number of aliphatic hydroxyl groups is 1. The molecule has 538 valence electrons. The van der Waals surface area contributed by atoms with E-state index in [1.807, 2.05) is 41.5 Å². The van der Waals surface area contributed by atoms with Crippen LogP contribution in [0.3, 0.4) is 0 Å². The summed E-state index contributed by atoms with van der Waals surface area (Å²) >= 11 is 0. The number of carbonyl (C=O) groups is 12. The van der Waals surface area contributed by atoms with Gasteiger partial charge in [-0.05, 0) is 109 Å². The van der Waals surface area contributed by atoms with Crippen molar-refractivity contribution in [1.29, 1.82) is 0 Å². The molecule has 0 radical (unpaired) electrons. The van der Waals surface area contributed by atoms with Gasteiger partial charge in [-0.25, -0.2) is 0 Å². The van der Waals surface area contributed by atoms with E-state index in [2.05, 4.69) is 21.3 Å². The monoisotopic (exact) mass is 1330 g/mol. The van der Waals surface area contributed by atoms with Crippen LogP contribution < -0.4 is 21.3 Å². The Hall–Kier alpha value is -6.54. The summed E-state index contributed by atoms with van der Waals surface area (Å²) in [4.78, 5) is 184. The highest BCUT2D eigenvalue weighted by Gasteiger charge is 2.47. The Kier molecular flexibility index (Phi) is 35.3. The molecular weight excluding hydrogens is 1210 g/mol. The minimum Gasteiger partial charge on any atom is -0.390 e. The Balaban J connectivity index is 4.60. The zero-order chi connectivity index (χ0) is 72.9. The van der Waals surface area contributed by atoms with Crippen molar-refractivity contribution in [1.82, 2.24) is 55.6 Å². The van der Waals surface area contributed by atoms with Gasteiger partial charge in [0.25, 0.3) is 0 Å². The van der Waals surface area contributed by atoms with Crippen molar-refractivity contribution in [2.45, 2.75) is 248 Å². The summed E-state index contributed by atoms with van der Waals surface area (Å²) in [6.45, 7) is 29.9. The van der Waals surface area contributed by atoms with Crippen LogP contribution in [-0.2, 0) is 67.0 Å². The molecule has 0 aromatic heterocycles. The first kappa shape index (κ1) is 85.5. The number of allylic oxidation sites excluding steroid dienone is 2. The van der Waals surface area contributed by atoms with E-state index in [4.69, 9.17) is 9.47 Å². The van der Waals surface area contributed by atoms with Gasteiger partial charge in [0.05, 0.1) is 24.9 Å². The van der Waals surface area contributed by atoms with E-state index >= 15 is 33.6 Å². The molecule has 1 saturated heterocycles. The molecule has 0 aliphatic carbocycles. The molecular formula is C68H121N11O15. The number of Topliss-reactive ketones (excluding diaryl/α,β-unsaturated/α-hetero) is 1. The van der Waals surface area contributed by atoms with Crippen LogP contribution in [0.5, 0.6) is 0 Å². The van der Waals surface area contributed by atoms with Gasteiger partial charge < -0.3 is 70.1 Å². The van der Waals surface area contributed by atoms with E-state index in [1.165, 1.54) is 96.8 Å². The third kappa shape index (κ3) is 24.3. The summed E-state index contributed by atoms with van der Waals surface area (Å²) in [5.74, 6) is -10.9. The summed E-state index contributed by atoms with van der Waals surface area (Å²) in [5.41, 5.74) is -1.10. The van der Waals surface area contributed by atoms with Gasteiger partial charge in [-0.2, -0.15) is 0 Å². The molecule has 0 aromatic rings.